The van der Waals surface area contributed by atoms with E-state index >= 15 is 0 Å². The molecular formula is C12H20N4O4. The lowest BCUT2D eigenvalue weighted by atomic mass is 9.90. The Balaban J connectivity index is 2.62. The topological polar surface area (TPSA) is 116 Å². The minimum absolute atomic E-state index is 0.345. The SMILES string of the molecule is CNC(=O)C(=O)NC1CCCCC1NC(=O)C(=O)NC. The molecule has 0 bridgehead atoms. The zero-order valence-electron chi connectivity index (χ0n) is 11.6. The molecule has 1 rings (SSSR count). The van der Waals surface area contributed by atoms with Gasteiger partial charge in [-0.15, -0.1) is 0 Å². The summed E-state index contributed by atoms with van der Waals surface area (Å²) in [6, 6.07) is -0.690. The van der Waals surface area contributed by atoms with Gasteiger partial charge in [-0.3, -0.25) is 19.2 Å². The van der Waals surface area contributed by atoms with E-state index in [0.29, 0.717) is 12.8 Å². The van der Waals surface area contributed by atoms with E-state index in [2.05, 4.69) is 21.3 Å². The number of likely N-dealkylation sites (N-methyl/N-ethyl adjacent to an activating group) is 2. The summed E-state index contributed by atoms with van der Waals surface area (Å²) in [5, 5.41) is 9.64. The number of carbonyl (C=O) groups excluding carboxylic acids is 4. The summed E-state index contributed by atoms with van der Waals surface area (Å²) in [4.78, 5) is 45.5. The molecule has 0 aromatic carbocycles. The molecule has 2 unspecified atom stereocenters. The first-order valence-electron chi connectivity index (χ1n) is 6.54. The van der Waals surface area contributed by atoms with Crippen molar-refractivity contribution in [3.8, 4) is 0 Å². The van der Waals surface area contributed by atoms with Crippen LogP contribution in [0.3, 0.4) is 0 Å². The van der Waals surface area contributed by atoms with Crippen LogP contribution in [0.15, 0.2) is 0 Å². The standard InChI is InChI=1S/C12H20N4O4/c1-13-9(17)11(19)15-7-5-3-4-6-8(7)16-12(20)10(18)14-2/h7-8H,3-6H2,1-2H3,(H,13,17)(H,14,18)(H,15,19)(H,16,20). The number of hydrogen-bond acceptors (Lipinski definition) is 4. The van der Waals surface area contributed by atoms with E-state index in [9.17, 15) is 19.2 Å². The second-order valence-electron chi connectivity index (χ2n) is 4.60. The molecule has 0 aliphatic heterocycles. The summed E-state index contributed by atoms with van der Waals surface area (Å²) in [7, 11) is 2.74. The molecule has 8 nitrogen and oxygen atoms in total. The number of nitrogens with one attached hydrogen (secondary N) is 4. The maximum atomic E-state index is 11.5. The van der Waals surface area contributed by atoms with Crippen molar-refractivity contribution in [1.29, 1.82) is 0 Å². The van der Waals surface area contributed by atoms with Crippen molar-refractivity contribution in [2.45, 2.75) is 37.8 Å². The molecule has 1 fully saturated rings. The molecule has 0 spiro atoms. The van der Waals surface area contributed by atoms with Crippen molar-refractivity contribution in [1.82, 2.24) is 21.3 Å². The third kappa shape index (κ3) is 4.22. The number of rotatable bonds is 2. The zero-order valence-corrected chi connectivity index (χ0v) is 11.6. The Morgan fingerprint density at radius 3 is 1.35 bits per heavy atom. The first-order valence-corrected chi connectivity index (χ1v) is 6.54. The summed E-state index contributed by atoms with van der Waals surface area (Å²) >= 11 is 0. The largest absolute Gasteiger partial charge is 0.351 e. The van der Waals surface area contributed by atoms with E-state index in [1.807, 2.05) is 0 Å². The van der Waals surface area contributed by atoms with Crippen LogP contribution in [0.1, 0.15) is 25.7 Å². The van der Waals surface area contributed by atoms with E-state index in [1.54, 1.807) is 0 Å². The molecule has 0 heterocycles. The minimum Gasteiger partial charge on any atom is -0.351 e. The van der Waals surface area contributed by atoms with Crippen molar-refractivity contribution < 1.29 is 19.2 Å². The van der Waals surface area contributed by atoms with Gasteiger partial charge in [0, 0.05) is 26.2 Å². The third-order valence-electron chi connectivity index (χ3n) is 3.27. The summed E-state index contributed by atoms with van der Waals surface area (Å²) < 4.78 is 0. The van der Waals surface area contributed by atoms with Crippen LogP contribution < -0.4 is 21.3 Å². The smallest absolute Gasteiger partial charge is 0.309 e. The van der Waals surface area contributed by atoms with Gasteiger partial charge in [0.15, 0.2) is 0 Å². The Labute approximate surface area is 117 Å². The molecule has 0 radical (unpaired) electrons. The highest BCUT2D eigenvalue weighted by Crippen LogP contribution is 2.18. The number of hydrogen-bond donors (Lipinski definition) is 4. The van der Waals surface area contributed by atoms with Gasteiger partial charge in [-0.1, -0.05) is 12.8 Å². The van der Waals surface area contributed by atoms with Crippen LogP contribution in [0.5, 0.6) is 0 Å². The Morgan fingerprint density at radius 1 is 0.700 bits per heavy atom. The summed E-state index contributed by atoms with van der Waals surface area (Å²) in [6.45, 7) is 0. The highest BCUT2D eigenvalue weighted by Gasteiger charge is 2.30. The predicted octanol–water partition coefficient (Wildman–Crippen LogP) is -1.98. The van der Waals surface area contributed by atoms with Crippen LogP contribution in [0.2, 0.25) is 0 Å². The van der Waals surface area contributed by atoms with Crippen LogP contribution in [-0.4, -0.2) is 49.8 Å². The molecule has 1 saturated carbocycles. The lowest BCUT2D eigenvalue weighted by Gasteiger charge is -2.32. The molecule has 4 amide bonds. The molecule has 0 aromatic heterocycles. The first-order chi connectivity index (χ1) is 9.49. The zero-order chi connectivity index (χ0) is 15.1. The quantitative estimate of drug-likeness (QED) is 0.440. The highest BCUT2D eigenvalue weighted by molar-refractivity contribution is 6.35. The fraction of sp³-hybridized carbons (Fsp3) is 0.667. The molecule has 4 N–H and O–H groups in total. The predicted molar refractivity (Wildman–Crippen MR) is 70.5 cm³/mol. The lowest BCUT2D eigenvalue weighted by molar-refractivity contribution is -0.140. The van der Waals surface area contributed by atoms with Crippen molar-refractivity contribution in [2.75, 3.05) is 14.1 Å². The summed E-state index contributed by atoms with van der Waals surface area (Å²) in [6.07, 6.45) is 3.10. The van der Waals surface area contributed by atoms with Crippen LogP contribution >= 0.6 is 0 Å². The van der Waals surface area contributed by atoms with Gasteiger partial charge >= 0.3 is 23.6 Å². The molecule has 2 atom stereocenters. The van der Waals surface area contributed by atoms with Gasteiger partial charge in [0.2, 0.25) is 0 Å². The van der Waals surface area contributed by atoms with Crippen molar-refractivity contribution in [3.63, 3.8) is 0 Å². The molecule has 0 saturated heterocycles. The summed E-state index contributed by atoms with van der Waals surface area (Å²) in [5.41, 5.74) is 0. The third-order valence-corrected chi connectivity index (χ3v) is 3.27. The van der Waals surface area contributed by atoms with Crippen molar-refractivity contribution in [2.24, 2.45) is 0 Å². The van der Waals surface area contributed by atoms with E-state index in [0.717, 1.165) is 12.8 Å². The van der Waals surface area contributed by atoms with Crippen LogP contribution in [0.4, 0.5) is 0 Å². The molecule has 0 aromatic rings. The number of amides is 4. The highest BCUT2D eigenvalue weighted by atomic mass is 16.2. The normalized spacial score (nSPS) is 21.5. The average molecular weight is 284 g/mol. The monoisotopic (exact) mass is 284 g/mol. The minimum atomic E-state index is -0.737. The fourth-order valence-electron chi connectivity index (χ4n) is 2.17. The molecule has 8 heteroatoms. The van der Waals surface area contributed by atoms with E-state index in [1.165, 1.54) is 14.1 Å². The molecule has 1 aliphatic carbocycles. The maximum absolute atomic E-state index is 11.5. The lowest BCUT2D eigenvalue weighted by Crippen LogP contribution is -2.57. The average Bonchev–Trinajstić information content (AvgIpc) is 2.47. The fourth-order valence-corrected chi connectivity index (χ4v) is 2.17. The summed E-state index contributed by atoms with van der Waals surface area (Å²) in [5.74, 6) is -2.93. The van der Waals surface area contributed by atoms with E-state index < -0.39 is 23.6 Å². The van der Waals surface area contributed by atoms with Crippen LogP contribution in [-0.2, 0) is 19.2 Å². The first kappa shape index (κ1) is 15.9. The second-order valence-corrected chi connectivity index (χ2v) is 4.60. The van der Waals surface area contributed by atoms with Gasteiger partial charge < -0.3 is 21.3 Å². The Hall–Kier alpha value is -2.12. The van der Waals surface area contributed by atoms with E-state index in [-0.39, 0.29) is 12.1 Å². The second kappa shape index (κ2) is 7.46. The Kier molecular flexibility index (Phi) is 5.95. The van der Waals surface area contributed by atoms with Crippen molar-refractivity contribution in [3.05, 3.63) is 0 Å². The van der Waals surface area contributed by atoms with Gasteiger partial charge in [0.1, 0.15) is 0 Å². The Morgan fingerprint density at radius 2 is 1.05 bits per heavy atom. The van der Waals surface area contributed by atoms with E-state index in [4.69, 9.17) is 0 Å². The molecular weight excluding hydrogens is 264 g/mol. The maximum Gasteiger partial charge on any atom is 0.309 e. The van der Waals surface area contributed by atoms with Gasteiger partial charge in [0.25, 0.3) is 0 Å². The molecule has 1 aliphatic rings. The van der Waals surface area contributed by atoms with Gasteiger partial charge in [-0.05, 0) is 12.8 Å². The van der Waals surface area contributed by atoms with Gasteiger partial charge in [0.05, 0.1) is 0 Å². The molecule has 112 valence electrons. The van der Waals surface area contributed by atoms with Gasteiger partial charge in [-0.2, -0.15) is 0 Å². The number of carbonyl (C=O) groups is 4. The van der Waals surface area contributed by atoms with Crippen LogP contribution in [0.25, 0.3) is 0 Å². The van der Waals surface area contributed by atoms with Gasteiger partial charge in [-0.25, -0.2) is 0 Å². The van der Waals surface area contributed by atoms with Crippen LogP contribution in [0, 0.1) is 0 Å². The molecule has 20 heavy (non-hydrogen) atoms. The van der Waals surface area contributed by atoms with Crippen molar-refractivity contribution >= 4 is 23.6 Å². The Bertz CT molecular complexity index is 372.